The van der Waals surface area contributed by atoms with Gasteiger partial charge in [0, 0.05) is 30.2 Å². The summed E-state index contributed by atoms with van der Waals surface area (Å²) in [6.07, 6.45) is 0. The molecule has 23 heavy (non-hydrogen) atoms. The van der Waals surface area contributed by atoms with Crippen molar-refractivity contribution < 1.29 is 19.1 Å². The number of fused-ring (bicyclic) bond motifs is 1. The maximum absolute atomic E-state index is 11.9. The Labute approximate surface area is 133 Å². The number of carbonyl (C=O) groups excluding carboxylic acids is 2. The minimum absolute atomic E-state index is 0.156. The van der Waals surface area contributed by atoms with Gasteiger partial charge in [-0.05, 0) is 31.2 Å². The maximum Gasteiger partial charge on any atom is 0.313 e. The van der Waals surface area contributed by atoms with Gasteiger partial charge in [-0.3, -0.25) is 9.59 Å². The number of nitrogens with zero attached hydrogens (tertiary/aromatic N) is 1. The van der Waals surface area contributed by atoms with Crippen molar-refractivity contribution >= 4 is 17.5 Å². The van der Waals surface area contributed by atoms with Gasteiger partial charge in [-0.15, -0.1) is 0 Å². The Morgan fingerprint density at radius 1 is 1.13 bits per heavy atom. The number of ether oxygens (including phenoxy) is 2. The van der Waals surface area contributed by atoms with Crippen LogP contribution >= 0.6 is 0 Å². The molecule has 0 aliphatic carbocycles. The summed E-state index contributed by atoms with van der Waals surface area (Å²) in [5.74, 6) is -0.259. The molecule has 0 saturated carbocycles. The quantitative estimate of drug-likeness (QED) is 0.837. The molecule has 0 bridgehead atoms. The highest BCUT2D eigenvalue weighted by atomic mass is 16.7. The number of benzene rings is 1. The van der Waals surface area contributed by atoms with E-state index in [-0.39, 0.29) is 13.3 Å². The van der Waals surface area contributed by atoms with E-state index in [1.807, 2.05) is 30.7 Å². The van der Waals surface area contributed by atoms with E-state index in [0.717, 1.165) is 11.4 Å². The molecule has 1 aromatic carbocycles. The van der Waals surface area contributed by atoms with Crippen LogP contribution in [-0.4, -0.2) is 23.2 Å². The number of hydrogen-bond acceptors (Lipinski definition) is 4. The smallest absolute Gasteiger partial charge is 0.313 e. The monoisotopic (exact) mass is 315 g/mol. The molecule has 2 aromatic rings. The fourth-order valence-electron chi connectivity index (χ4n) is 2.26. The topological polar surface area (TPSA) is 81.6 Å². The van der Waals surface area contributed by atoms with Crippen molar-refractivity contribution in [2.75, 3.05) is 12.1 Å². The summed E-state index contributed by atoms with van der Waals surface area (Å²) in [6, 6.07) is 8.81. The van der Waals surface area contributed by atoms with Gasteiger partial charge in [0.05, 0.1) is 6.54 Å². The number of aryl methyl sites for hydroxylation is 1. The molecule has 120 valence electrons. The summed E-state index contributed by atoms with van der Waals surface area (Å²) in [5.41, 5.74) is 2.48. The van der Waals surface area contributed by atoms with Crippen LogP contribution in [0.4, 0.5) is 5.69 Å². The number of rotatable bonds is 3. The van der Waals surface area contributed by atoms with Gasteiger partial charge >= 0.3 is 11.8 Å². The van der Waals surface area contributed by atoms with Crippen molar-refractivity contribution in [3.05, 3.63) is 41.7 Å². The Bertz CT molecular complexity index is 767. The van der Waals surface area contributed by atoms with Crippen molar-refractivity contribution in [3.8, 4) is 11.5 Å². The van der Waals surface area contributed by atoms with Crippen molar-refractivity contribution in [3.63, 3.8) is 0 Å². The molecule has 0 unspecified atom stereocenters. The van der Waals surface area contributed by atoms with Gasteiger partial charge in [0.15, 0.2) is 11.5 Å². The van der Waals surface area contributed by atoms with Crippen LogP contribution in [-0.2, 0) is 23.2 Å². The third-order valence-electron chi connectivity index (χ3n) is 3.74. The number of hydrogen-bond donors (Lipinski definition) is 2. The van der Waals surface area contributed by atoms with Gasteiger partial charge in [0.25, 0.3) is 0 Å². The van der Waals surface area contributed by atoms with Crippen LogP contribution in [0.5, 0.6) is 11.5 Å². The standard InChI is InChI=1S/C16H17N3O4/c1-10-3-5-12(19(10)2)8-17-15(20)16(21)18-11-4-6-13-14(7-11)23-9-22-13/h3-7H,8-9H2,1-2H3,(H,17,20)(H,18,21). The second kappa shape index (κ2) is 6.04. The van der Waals surface area contributed by atoms with Crippen LogP contribution in [0, 0.1) is 6.92 Å². The Balaban J connectivity index is 1.57. The lowest BCUT2D eigenvalue weighted by Crippen LogP contribution is -2.35. The fraction of sp³-hybridized carbons (Fsp3) is 0.250. The maximum atomic E-state index is 11.9. The lowest BCUT2D eigenvalue weighted by atomic mass is 10.2. The molecule has 2 heterocycles. The molecular weight excluding hydrogens is 298 g/mol. The largest absolute Gasteiger partial charge is 0.454 e. The average Bonchev–Trinajstić information content (AvgIpc) is 3.12. The zero-order chi connectivity index (χ0) is 16.4. The number of carbonyl (C=O) groups is 2. The normalized spacial score (nSPS) is 12.1. The van der Waals surface area contributed by atoms with Crippen LogP contribution in [0.2, 0.25) is 0 Å². The van der Waals surface area contributed by atoms with E-state index in [9.17, 15) is 9.59 Å². The zero-order valence-corrected chi connectivity index (χ0v) is 12.9. The van der Waals surface area contributed by atoms with E-state index in [1.165, 1.54) is 0 Å². The zero-order valence-electron chi connectivity index (χ0n) is 12.9. The summed E-state index contributed by atoms with van der Waals surface area (Å²) < 4.78 is 12.4. The molecule has 0 saturated heterocycles. The van der Waals surface area contributed by atoms with Gasteiger partial charge in [0.2, 0.25) is 6.79 Å². The van der Waals surface area contributed by atoms with Crippen LogP contribution < -0.4 is 20.1 Å². The highest BCUT2D eigenvalue weighted by molar-refractivity contribution is 6.39. The molecule has 0 atom stereocenters. The highest BCUT2D eigenvalue weighted by Gasteiger charge is 2.17. The van der Waals surface area contributed by atoms with Crippen molar-refractivity contribution in [1.82, 2.24) is 9.88 Å². The van der Waals surface area contributed by atoms with Crippen LogP contribution in [0.1, 0.15) is 11.4 Å². The second-order valence-corrected chi connectivity index (χ2v) is 5.23. The highest BCUT2D eigenvalue weighted by Crippen LogP contribution is 2.34. The first-order valence-electron chi connectivity index (χ1n) is 7.14. The Hall–Kier alpha value is -2.96. The van der Waals surface area contributed by atoms with Gasteiger partial charge in [-0.25, -0.2) is 0 Å². The van der Waals surface area contributed by atoms with Crippen molar-refractivity contribution in [2.45, 2.75) is 13.5 Å². The molecule has 0 fully saturated rings. The Morgan fingerprint density at radius 2 is 1.91 bits per heavy atom. The van der Waals surface area contributed by atoms with Crippen LogP contribution in [0.3, 0.4) is 0 Å². The van der Waals surface area contributed by atoms with E-state index in [4.69, 9.17) is 9.47 Å². The molecule has 3 rings (SSSR count). The van der Waals surface area contributed by atoms with E-state index in [2.05, 4.69) is 10.6 Å². The van der Waals surface area contributed by atoms with Crippen LogP contribution in [0.15, 0.2) is 30.3 Å². The van der Waals surface area contributed by atoms with E-state index in [1.54, 1.807) is 18.2 Å². The first kappa shape index (κ1) is 15.0. The SMILES string of the molecule is Cc1ccc(CNC(=O)C(=O)Nc2ccc3c(c2)OCO3)n1C. The predicted octanol–water partition coefficient (Wildman–Crippen LogP) is 1.32. The molecule has 2 N–H and O–H groups in total. The number of amides is 2. The molecular formula is C16H17N3O4. The number of anilines is 1. The fourth-order valence-corrected chi connectivity index (χ4v) is 2.26. The molecule has 1 aliphatic heterocycles. The van der Waals surface area contributed by atoms with Crippen LogP contribution in [0.25, 0.3) is 0 Å². The third kappa shape index (κ3) is 3.13. The predicted molar refractivity (Wildman–Crippen MR) is 83.2 cm³/mol. The minimum Gasteiger partial charge on any atom is -0.454 e. The Kier molecular flexibility index (Phi) is 3.92. The molecule has 0 radical (unpaired) electrons. The molecule has 2 amide bonds. The Morgan fingerprint density at radius 3 is 2.65 bits per heavy atom. The lowest BCUT2D eigenvalue weighted by molar-refractivity contribution is -0.136. The van der Waals surface area contributed by atoms with E-state index < -0.39 is 11.8 Å². The first-order valence-corrected chi connectivity index (χ1v) is 7.14. The van der Waals surface area contributed by atoms with Gasteiger partial charge in [-0.2, -0.15) is 0 Å². The molecule has 7 heteroatoms. The van der Waals surface area contributed by atoms with Gasteiger partial charge < -0.3 is 24.7 Å². The summed E-state index contributed by atoms with van der Waals surface area (Å²) in [7, 11) is 1.91. The minimum atomic E-state index is -0.727. The lowest BCUT2D eigenvalue weighted by Gasteiger charge is -2.08. The first-order chi connectivity index (χ1) is 11.0. The van der Waals surface area contributed by atoms with E-state index in [0.29, 0.717) is 17.2 Å². The molecule has 7 nitrogen and oxygen atoms in total. The second-order valence-electron chi connectivity index (χ2n) is 5.23. The summed E-state index contributed by atoms with van der Waals surface area (Å²) >= 11 is 0. The van der Waals surface area contributed by atoms with E-state index >= 15 is 0 Å². The van der Waals surface area contributed by atoms with Gasteiger partial charge in [0.1, 0.15) is 0 Å². The summed E-state index contributed by atoms with van der Waals surface area (Å²) in [6.45, 7) is 2.42. The molecule has 1 aromatic heterocycles. The summed E-state index contributed by atoms with van der Waals surface area (Å²) in [4.78, 5) is 23.8. The average molecular weight is 315 g/mol. The molecule has 0 spiro atoms. The number of aromatic nitrogens is 1. The molecule has 1 aliphatic rings. The third-order valence-corrected chi connectivity index (χ3v) is 3.74. The van der Waals surface area contributed by atoms with Gasteiger partial charge in [-0.1, -0.05) is 0 Å². The van der Waals surface area contributed by atoms with Crippen molar-refractivity contribution in [1.29, 1.82) is 0 Å². The summed E-state index contributed by atoms with van der Waals surface area (Å²) in [5, 5.41) is 5.13. The number of nitrogens with one attached hydrogen (secondary N) is 2. The van der Waals surface area contributed by atoms with Crippen molar-refractivity contribution in [2.24, 2.45) is 7.05 Å².